The van der Waals surface area contributed by atoms with Gasteiger partial charge in [-0.25, -0.2) is 0 Å². The average Bonchev–Trinajstić information content (AvgIpc) is 2.55. The molecule has 0 radical (unpaired) electrons. The molecule has 17 heavy (non-hydrogen) atoms. The second-order valence-electron chi connectivity index (χ2n) is 4.24. The highest BCUT2D eigenvalue weighted by Gasteiger charge is 2.21. The molecule has 0 aliphatic carbocycles. The molecule has 1 aromatic rings. The van der Waals surface area contributed by atoms with Crippen molar-refractivity contribution in [2.75, 3.05) is 6.54 Å². The maximum Gasteiger partial charge on any atom is 0.233 e. The summed E-state index contributed by atoms with van der Waals surface area (Å²) in [6.07, 6.45) is 3.17. The number of carbonyl (C=O) groups is 1. The van der Waals surface area contributed by atoms with E-state index in [0.717, 1.165) is 36.3 Å². The summed E-state index contributed by atoms with van der Waals surface area (Å²) in [6.45, 7) is 1.37. The van der Waals surface area contributed by atoms with Gasteiger partial charge in [-0.15, -0.1) is 11.8 Å². The van der Waals surface area contributed by atoms with Crippen LogP contribution in [0.4, 0.5) is 0 Å². The van der Waals surface area contributed by atoms with Crippen molar-refractivity contribution in [3.8, 4) is 0 Å². The largest absolute Gasteiger partial charge is 0.355 e. The summed E-state index contributed by atoms with van der Waals surface area (Å²) in [7, 11) is 0. The molecule has 0 saturated carbocycles. The summed E-state index contributed by atoms with van der Waals surface area (Å²) in [5, 5.41) is 3.01. The van der Waals surface area contributed by atoms with Crippen LogP contribution in [0.25, 0.3) is 0 Å². The highest BCUT2D eigenvalue weighted by Crippen LogP contribution is 2.28. The first kappa shape index (κ1) is 12.5. The van der Waals surface area contributed by atoms with Gasteiger partial charge in [-0.2, -0.15) is 0 Å². The molecule has 1 heterocycles. The van der Waals surface area contributed by atoms with Crippen LogP contribution in [0, 0.1) is 0 Å². The molecule has 0 spiro atoms. The minimum atomic E-state index is 0.0468. The lowest BCUT2D eigenvalue weighted by Crippen LogP contribution is -2.30. The lowest BCUT2D eigenvalue weighted by molar-refractivity contribution is -0.120. The molecule has 2 rings (SSSR count). The highest BCUT2D eigenvalue weighted by molar-refractivity contribution is 8.00. The molecule has 1 saturated heterocycles. The van der Waals surface area contributed by atoms with Crippen LogP contribution < -0.4 is 11.1 Å². The van der Waals surface area contributed by atoms with Crippen molar-refractivity contribution in [3.63, 3.8) is 0 Å². The van der Waals surface area contributed by atoms with Crippen LogP contribution in [-0.2, 0) is 11.3 Å². The smallest absolute Gasteiger partial charge is 0.233 e. The Kier molecular flexibility index (Phi) is 4.45. The van der Waals surface area contributed by atoms with Gasteiger partial charge >= 0.3 is 0 Å². The lowest BCUT2D eigenvalue weighted by Gasteiger charge is -2.13. The number of rotatable bonds is 3. The van der Waals surface area contributed by atoms with Crippen molar-refractivity contribution in [1.82, 2.24) is 5.32 Å². The third-order valence-electron chi connectivity index (χ3n) is 2.90. The van der Waals surface area contributed by atoms with Gasteiger partial charge in [0.1, 0.15) is 0 Å². The van der Waals surface area contributed by atoms with E-state index in [9.17, 15) is 4.79 Å². The summed E-state index contributed by atoms with van der Waals surface area (Å²) in [6, 6.07) is 8.13. The number of hydrogen-bond acceptors (Lipinski definition) is 3. The van der Waals surface area contributed by atoms with Gasteiger partial charge in [-0.05, 0) is 30.5 Å². The third kappa shape index (κ3) is 3.48. The van der Waals surface area contributed by atoms with Crippen LogP contribution in [0.2, 0.25) is 0 Å². The van der Waals surface area contributed by atoms with E-state index in [1.54, 1.807) is 11.8 Å². The first-order chi connectivity index (χ1) is 8.29. The lowest BCUT2D eigenvalue weighted by atomic mass is 10.2. The van der Waals surface area contributed by atoms with Gasteiger partial charge in [0.2, 0.25) is 5.91 Å². The monoisotopic (exact) mass is 250 g/mol. The van der Waals surface area contributed by atoms with E-state index >= 15 is 0 Å². The van der Waals surface area contributed by atoms with E-state index in [0.29, 0.717) is 6.54 Å². The van der Waals surface area contributed by atoms with Crippen molar-refractivity contribution in [2.24, 2.45) is 5.73 Å². The van der Waals surface area contributed by atoms with Crippen molar-refractivity contribution in [2.45, 2.75) is 36.0 Å². The number of nitrogens with one attached hydrogen (secondary N) is 1. The van der Waals surface area contributed by atoms with Crippen LogP contribution in [0.1, 0.15) is 24.8 Å². The number of thioether (sulfide) groups is 1. The van der Waals surface area contributed by atoms with Gasteiger partial charge in [0.25, 0.3) is 0 Å². The molecule has 4 heteroatoms. The number of hydrogen-bond donors (Lipinski definition) is 2. The second kappa shape index (κ2) is 6.07. The van der Waals surface area contributed by atoms with Gasteiger partial charge < -0.3 is 11.1 Å². The molecule has 3 N–H and O–H groups in total. The van der Waals surface area contributed by atoms with E-state index in [2.05, 4.69) is 11.4 Å². The Morgan fingerprint density at radius 2 is 2.29 bits per heavy atom. The number of amides is 1. The summed E-state index contributed by atoms with van der Waals surface area (Å²) in [5.74, 6) is 0.172. The molecular weight excluding hydrogens is 232 g/mol. The van der Waals surface area contributed by atoms with Crippen molar-refractivity contribution in [1.29, 1.82) is 0 Å². The molecular formula is C13H18N2OS. The van der Waals surface area contributed by atoms with Crippen LogP contribution in [-0.4, -0.2) is 17.7 Å². The predicted octanol–water partition coefficient (Wildman–Crippen LogP) is 1.91. The van der Waals surface area contributed by atoms with Gasteiger partial charge in [0, 0.05) is 18.0 Å². The molecule has 3 nitrogen and oxygen atoms in total. The normalized spacial score (nSPS) is 20.8. The molecule has 1 aromatic carbocycles. The Morgan fingerprint density at radius 3 is 3.12 bits per heavy atom. The Bertz CT molecular complexity index is 395. The third-order valence-corrected chi connectivity index (χ3v) is 4.16. The topological polar surface area (TPSA) is 55.1 Å². The fraction of sp³-hybridized carbons (Fsp3) is 0.462. The second-order valence-corrected chi connectivity index (χ2v) is 5.52. The van der Waals surface area contributed by atoms with E-state index in [4.69, 9.17) is 5.73 Å². The molecule has 1 aliphatic rings. The minimum absolute atomic E-state index is 0.0468. The fourth-order valence-corrected chi connectivity index (χ4v) is 3.11. The Labute approximate surface area is 106 Å². The van der Waals surface area contributed by atoms with Gasteiger partial charge in [0.05, 0.1) is 5.25 Å². The zero-order chi connectivity index (χ0) is 12.1. The molecule has 0 bridgehead atoms. The van der Waals surface area contributed by atoms with Crippen molar-refractivity contribution in [3.05, 3.63) is 29.8 Å². The number of nitrogens with two attached hydrogens (primary N) is 1. The van der Waals surface area contributed by atoms with E-state index in [1.807, 2.05) is 18.2 Å². The average molecular weight is 250 g/mol. The van der Waals surface area contributed by atoms with Crippen LogP contribution in [0.5, 0.6) is 0 Å². The first-order valence-corrected chi connectivity index (χ1v) is 6.91. The van der Waals surface area contributed by atoms with Crippen LogP contribution in [0.15, 0.2) is 29.2 Å². The van der Waals surface area contributed by atoms with Gasteiger partial charge in [0.15, 0.2) is 0 Å². The first-order valence-electron chi connectivity index (χ1n) is 6.03. The minimum Gasteiger partial charge on any atom is -0.355 e. The molecule has 1 fully saturated rings. The summed E-state index contributed by atoms with van der Waals surface area (Å²) >= 11 is 1.65. The summed E-state index contributed by atoms with van der Waals surface area (Å²) in [5.41, 5.74) is 6.73. The summed E-state index contributed by atoms with van der Waals surface area (Å²) < 4.78 is 0. The molecule has 92 valence electrons. The zero-order valence-electron chi connectivity index (χ0n) is 9.82. The fourth-order valence-electron chi connectivity index (χ4n) is 1.93. The Hall–Kier alpha value is -1.00. The molecule has 1 atom stereocenters. The maximum atomic E-state index is 11.8. The van der Waals surface area contributed by atoms with Gasteiger partial charge in [-0.3, -0.25) is 4.79 Å². The van der Waals surface area contributed by atoms with Crippen molar-refractivity contribution < 1.29 is 4.79 Å². The Morgan fingerprint density at radius 1 is 1.41 bits per heavy atom. The van der Waals surface area contributed by atoms with Crippen LogP contribution >= 0.6 is 11.8 Å². The Balaban J connectivity index is 2.05. The highest BCUT2D eigenvalue weighted by atomic mass is 32.2. The number of benzene rings is 1. The predicted molar refractivity (Wildman–Crippen MR) is 70.8 cm³/mol. The molecule has 1 amide bonds. The zero-order valence-corrected chi connectivity index (χ0v) is 10.6. The van der Waals surface area contributed by atoms with E-state index in [-0.39, 0.29) is 11.2 Å². The quantitative estimate of drug-likeness (QED) is 0.861. The molecule has 1 unspecified atom stereocenters. The summed E-state index contributed by atoms with van der Waals surface area (Å²) in [4.78, 5) is 13.0. The SMILES string of the molecule is NCc1cccc(SC2CCCCNC2=O)c1. The maximum absolute atomic E-state index is 11.8. The standard InChI is InChI=1S/C13H18N2OS/c14-9-10-4-3-5-11(8-10)17-12-6-1-2-7-15-13(12)16/h3-5,8,12H,1-2,6-7,9,14H2,(H,15,16). The van der Waals surface area contributed by atoms with Crippen LogP contribution in [0.3, 0.4) is 0 Å². The molecule has 1 aliphatic heterocycles. The number of carbonyl (C=O) groups excluding carboxylic acids is 1. The van der Waals surface area contributed by atoms with Gasteiger partial charge in [-0.1, -0.05) is 18.6 Å². The van der Waals surface area contributed by atoms with E-state index < -0.39 is 0 Å². The van der Waals surface area contributed by atoms with Crippen molar-refractivity contribution >= 4 is 17.7 Å². The molecule has 0 aromatic heterocycles. The van der Waals surface area contributed by atoms with E-state index in [1.165, 1.54) is 0 Å².